The topological polar surface area (TPSA) is 88.1 Å². The first-order valence-electron chi connectivity index (χ1n) is 6.43. The molecule has 7 nitrogen and oxygen atoms in total. The Bertz CT molecular complexity index is 461. The molecule has 1 aromatic carbocycles. The van der Waals surface area contributed by atoms with Gasteiger partial charge in [-0.2, -0.15) is 0 Å². The molecular formula is C14H20N2O5. The van der Waals surface area contributed by atoms with E-state index in [1.54, 1.807) is 19.2 Å². The Hall–Kier alpha value is -2.28. The number of ether oxygens (including phenoxy) is 2. The molecule has 2 N–H and O–H groups in total. The average molecular weight is 296 g/mol. The normalized spacial score (nSPS) is 10.0. The Morgan fingerprint density at radius 3 is 2.43 bits per heavy atom. The van der Waals surface area contributed by atoms with Crippen LogP contribution in [0.2, 0.25) is 0 Å². The van der Waals surface area contributed by atoms with Crippen LogP contribution in [0.1, 0.15) is 5.56 Å². The van der Waals surface area contributed by atoms with Gasteiger partial charge in [-0.1, -0.05) is 12.1 Å². The van der Waals surface area contributed by atoms with Crippen molar-refractivity contribution in [2.45, 2.75) is 6.54 Å². The third-order valence-electron chi connectivity index (χ3n) is 2.78. The van der Waals surface area contributed by atoms with Gasteiger partial charge < -0.3 is 24.8 Å². The second kappa shape index (κ2) is 8.80. The van der Waals surface area contributed by atoms with Crippen LogP contribution in [0, 0.1) is 0 Å². The largest absolute Gasteiger partial charge is 0.497 e. The number of nitrogens with one attached hydrogen (secondary N) is 1. The van der Waals surface area contributed by atoms with Gasteiger partial charge in [-0.25, -0.2) is 4.79 Å². The van der Waals surface area contributed by atoms with Gasteiger partial charge >= 0.3 is 12.0 Å². The number of hydrogen-bond donors (Lipinski definition) is 2. The molecule has 21 heavy (non-hydrogen) atoms. The van der Waals surface area contributed by atoms with Gasteiger partial charge in [0.1, 0.15) is 12.3 Å². The zero-order valence-electron chi connectivity index (χ0n) is 12.2. The number of carbonyl (C=O) groups excluding carboxylic acids is 1. The van der Waals surface area contributed by atoms with Gasteiger partial charge in [-0.3, -0.25) is 4.79 Å². The van der Waals surface area contributed by atoms with Crippen molar-refractivity contribution in [3.63, 3.8) is 0 Å². The van der Waals surface area contributed by atoms with Crippen LogP contribution in [0.3, 0.4) is 0 Å². The van der Waals surface area contributed by atoms with Crippen molar-refractivity contribution >= 4 is 12.0 Å². The van der Waals surface area contributed by atoms with Crippen molar-refractivity contribution < 1.29 is 24.2 Å². The molecule has 0 radical (unpaired) electrons. The monoisotopic (exact) mass is 296 g/mol. The van der Waals surface area contributed by atoms with E-state index in [4.69, 9.17) is 14.6 Å². The average Bonchev–Trinajstić information content (AvgIpc) is 2.49. The minimum absolute atomic E-state index is 0.219. The summed E-state index contributed by atoms with van der Waals surface area (Å²) in [6, 6.07) is 6.80. The van der Waals surface area contributed by atoms with Crippen LogP contribution in [0.15, 0.2) is 24.3 Å². The van der Waals surface area contributed by atoms with E-state index in [2.05, 4.69) is 5.32 Å². The van der Waals surface area contributed by atoms with Crippen LogP contribution in [0.4, 0.5) is 4.79 Å². The number of nitrogens with zero attached hydrogens (tertiary/aromatic N) is 1. The highest BCUT2D eigenvalue weighted by Crippen LogP contribution is 2.11. The SMILES string of the molecule is COCCN(CC(=O)O)C(=O)NCc1ccc(OC)cc1. The van der Waals surface area contributed by atoms with Crippen LogP contribution in [0.25, 0.3) is 0 Å². The summed E-state index contributed by atoms with van der Waals surface area (Å²) in [6.45, 7) is 0.449. The van der Waals surface area contributed by atoms with Gasteiger partial charge in [0, 0.05) is 20.2 Å². The maximum atomic E-state index is 12.0. The molecule has 2 amide bonds. The molecule has 1 rings (SSSR count). The summed E-state index contributed by atoms with van der Waals surface area (Å²) >= 11 is 0. The van der Waals surface area contributed by atoms with Gasteiger partial charge in [-0.05, 0) is 17.7 Å². The molecule has 1 aromatic rings. The van der Waals surface area contributed by atoms with Gasteiger partial charge in [-0.15, -0.1) is 0 Å². The fourth-order valence-electron chi connectivity index (χ4n) is 1.65. The van der Waals surface area contributed by atoms with E-state index < -0.39 is 12.0 Å². The molecular weight excluding hydrogens is 276 g/mol. The van der Waals surface area contributed by atoms with E-state index in [9.17, 15) is 9.59 Å². The Morgan fingerprint density at radius 1 is 1.24 bits per heavy atom. The summed E-state index contributed by atoms with van der Waals surface area (Å²) in [5, 5.41) is 11.5. The van der Waals surface area contributed by atoms with E-state index in [0.717, 1.165) is 11.3 Å². The Kier molecular flexibility index (Phi) is 7.03. The van der Waals surface area contributed by atoms with Crippen LogP contribution < -0.4 is 10.1 Å². The molecule has 0 saturated carbocycles. The second-order valence-corrected chi connectivity index (χ2v) is 4.31. The van der Waals surface area contributed by atoms with Crippen molar-refractivity contribution in [1.82, 2.24) is 10.2 Å². The van der Waals surface area contributed by atoms with Crippen molar-refractivity contribution in [2.75, 3.05) is 33.9 Å². The molecule has 0 aliphatic heterocycles. The predicted molar refractivity (Wildman–Crippen MR) is 76.3 cm³/mol. The van der Waals surface area contributed by atoms with Gasteiger partial charge in [0.2, 0.25) is 0 Å². The number of rotatable bonds is 8. The number of hydrogen-bond acceptors (Lipinski definition) is 4. The molecule has 0 atom stereocenters. The molecule has 0 bridgehead atoms. The highest BCUT2D eigenvalue weighted by Gasteiger charge is 2.15. The standard InChI is InChI=1S/C14H20N2O5/c1-20-8-7-16(10-13(17)18)14(19)15-9-11-3-5-12(21-2)6-4-11/h3-6H,7-10H2,1-2H3,(H,15,19)(H,17,18). The number of carbonyl (C=O) groups is 2. The summed E-state index contributed by atoms with van der Waals surface area (Å²) in [7, 11) is 3.07. The quantitative estimate of drug-likeness (QED) is 0.745. The molecule has 7 heteroatoms. The highest BCUT2D eigenvalue weighted by molar-refractivity contribution is 5.80. The Labute approximate surface area is 123 Å². The van der Waals surface area contributed by atoms with Crippen molar-refractivity contribution in [3.05, 3.63) is 29.8 Å². The van der Waals surface area contributed by atoms with E-state index in [-0.39, 0.29) is 19.7 Å². The molecule has 116 valence electrons. The first-order chi connectivity index (χ1) is 10.1. The molecule has 0 heterocycles. The van der Waals surface area contributed by atoms with Crippen molar-refractivity contribution in [3.8, 4) is 5.75 Å². The predicted octanol–water partition coefficient (Wildman–Crippen LogP) is 0.938. The first-order valence-corrected chi connectivity index (χ1v) is 6.43. The van der Waals surface area contributed by atoms with Crippen molar-refractivity contribution in [2.24, 2.45) is 0 Å². The highest BCUT2D eigenvalue weighted by atomic mass is 16.5. The van der Waals surface area contributed by atoms with Gasteiger partial charge in [0.25, 0.3) is 0 Å². The number of benzene rings is 1. The summed E-state index contributed by atoms with van der Waals surface area (Å²) < 4.78 is 9.91. The summed E-state index contributed by atoms with van der Waals surface area (Å²) in [5.41, 5.74) is 0.895. The molecule has 0 unspecified atom stereocenters. The lowest BCUT2D eigenvalue weighted by Crippen LogP contribution is -2.44. The molecule has 0 fully saturated rings. The zero-order chi connectivity index (χ0) is 15.7. The smallest absolute Gasteiger partial charge is 0.323 e. The van der Waals surface area contributed by atoms with Gasteiger partial charge in [0.15, 0.2) is 0 Å². The van der Waals surface area contributed by atoms with Gasteiger partial charge in [0.05, 0.1) is 13.7 Å². The lowest BCUT2D eigenvalue weighted by Gasteiger charge is -2.20. The fourth-order valence-corrected chi connectivity index (χ4v) is 1.65. The fraction of sp³-hybridized carbons (Fsp3) is 0.429. The summed E-state index contributed by atoms with van der Waals surface area (Å²) in [4.78, 5) is 23.9. The van der Waals surface area contributed by atoms with E-state index >= 15 is 0 Å². The number of aliphatic carboxylic acids is 1. The Morgan fingerprint density at radius 2 is 1.90 bits per heavy atom. The third kappa shape index (κ3) is 6.13. The van der Waals surface area contributed by atoms with E-state index in [1.165, 1.54) is 12.0 Å². The first kappa shape index (κ1) is 16.8. The number of carboxylic acid groups (broad SMARTS) is 1. The van der Waals surface area contributed by atoms with Crippen LogP contribution >= 0.6 is 0 Å². The molecule has 0 aliphatic carbocycles. The number of methoxy groups -OCH3 is 2. The van der Waals surface area contributed by atoms with Crippen molar-refractivity contribution in [1.29, 1.82) is 0 Å². The van der Waals surface area contributed by atoms with Crippen LogP contribution in [-0.2, 0) is 16.1 Å². The minimum atomic E-state index is -1.06. The second-order valence-electron chi connectivity index (χ2n) is 4.31. The minimum Gasteiger partial charge on any atom is -0.497 e. The number of carboxylic acids is 1. The summed E-state index contributed by atoms with van der Waals surface area (Å²) in [6.07, 6.45) is 0. The molecule has 0 aliphatic rings. The molecule has 0 aromatic heterocycles. The van der Waals surface area contributed by atoms with Crippen LogP contribution in [-0.4, -0.2) is 55.9 Å². The third-order valence-corrected chi connectivity index (χ3v) is 2.78. The lowest BCUT2D eigenvalue weighted by molar-refractivity contribution is -0.137. The number of urea groups is 1. The maximum Gasteiger partial charge on any atom is 0.323 e. The zero-order valence-corrected chi connectivity index (χ0v) is 12.2. The van der Waals surface area contributed by atoms with E-state index in [1.807, 2.05) is 12.1 Å². The lowest BCUT2D eigenvalue weighted by atomic mass is 10.2. The maximum absolute atomic E-state index is 12.0. The molecule has 0 saturated heterocycles. The Balaban J connectivity index is 2.52. The van der Waals surface area contributed by atoms with E-state index in [0.29, 0.717) is 6.54 Å². The summed E-state index contributed by atoms with van der Waals surface area (Å²) in [5.74, 6) is -0.330. The van der Waals surface area contributed by atoms with Crippen LogP contribution in [0.5, 0.6) is 5.75 Å². The molecule has 0 spiro atoms. The number of amides is 2.